The van der Waals surface area contributed by atoms with Gasteiger partial charge in [0.25, 0.3) is 0 Å². The number of hydrogen-bond acceptors (Lipinski definition) is 3. The van der Waals surface area contributed by atoms with Gasteiger partial charge in [0.15, 0.2) is 0 Å². The Morgan fingerprint density at radius 2 is 1.90 bits per heavy atom. The Kier molecular flexibility index (Phi) is 3.82. The van der Waals surface area contributed by atoms with Crippen molar-refractivity contribution in [2.75, 3.05) is 27.2 Å². The van der Waals surface area contributed by atoms with Gasteiger partial charge in [0.1, 0.15) is 0 Å². The van der Waals surface area contributed by atoms with Gasteiger partial charge in [-0.05, 0) is 51.6 Å². The lowest BCUT2D eigenvalue weighted by Crippen LogP contribution is -2.51. The van der Waals surface area contributed by atoms with Crippen LogP contribution in [0, 0.1) is 17.8 Å². The van der Waals surface area contributed by atoms with E-state index in [0.717, 1.165) is 38.8 Å². The van der Waals surface area contributed by atoms with Crippen LogP contribution in [0.25, 0.3) is 0 Å². The topological polar surface area (TPSA) is 72.9 Å². The van der Waals surface area contributed by atoms with Crippen LogP contribution < -0.4 is 5.32 Å². The molecule has 1 saturated heterocycles. The fourth-order valence-corrected chi connectivity index (χ4v) is 4.44. The normalized spacial score (nSPS) is 38.2. The number of carbonyl (C=O) groups excluding carboxylic acids is 1. The van der Waals surface area contributed by atoms with E-state index in [1.54, 1.807) is 0 Å². The first-order valence-electron chi connectivity index (χ1n) is 7.92. The van der Waals surface area contributed by atoms with Crippen molar-refractivity contribution in [2.45, 2.75) is 37.8 Å². The minimum absolute atomic E-state index is 0.0804. The molecule has 2 saturated carbocycles. The summed E-state index contributed by atoms with van der Waals surface area (Å²) >= 11 is 0. The maximum absolute atomic E-state index is 12.4. The molecular weight excluding hydrogens is 270 g/mol. The second kappa shape index (κ2) is 5.48. The molecule has 0 aromatic rings. The molecule has 6 nitrogen and oxygen atoms in total. The Labute approximate surface area is 125 Å². The van der Waals surface area contributed by atoms with E-state index in [1.807, 2.05) is 19.0 Å². The van der Waals surface area contributed by atoms with Gasteiger partial charge in [-0.15, -0.1) is 0 Å². The average Bonchev–Trinajstić information content (AvgIpc) is 3.13. The number of likely N-dealkylation sites (N-methyl/N-ethyl adjacent to an activating group) is 1. The highest BCUT2D eigenvalue weighted by Crippen LogP contribution is 2.48. The van der Waals surface area contributed by atoms with Crippen molar-refractivity contribution < 1.29 is 14.7 Å². The van der Waals surface area contributed by atoms with E-state index in [-0.39, 0.29) is 23.9 Å². The number of fused-ring (bicyclic) bond motifs is 2. The van der Waals surface area contributed by atoms with E-state index in [1.165, 1.54) is 0 Å². The third-order valence-electron chi connectivity index (χ3n) is 5.67. The molecule has 5 atom stereocenters. The molecule has 2 bridgehead atoms. The number of amides is 2. The van der Waals surface area contributed by atoms with E-state index in [4.69, 9.17) is 0 Å². The van der Waals surface area contributed by atoms with E-state index < -0.39 is 5.97 Å². The standard InChI is InChI=1S/C15H25N3O3/c1-17(2)11-5-6-18(8-11)15(21)16-13-10-4-3-9(7-10)12(13)14(19)20/h9-13H,3-8H2,1-2H3,(H,16,21)(H,19,20). The Hall–Kier alpha value is -1.30. The van der Waals surface area contributed by atoms with Crippen molar-refractivity contribution in [3.05, 3.63) is 0 Å². The van der Waals surface area contributed by atoms with Gasteiger partial charge >= 0.3 is 12.0 Å². The summed E-state index contributed by atoms with van der Waals surface area (Å²) in [5, 5.41) is 12.5. The zero-order valence-corrected chi connectivity index (χ0v) is 12.8. The molecule has 3 aliphatic rings. The smallest absolute Gasteiger partial charge is 0.317 e. The highest BCUT2D eigenvalue weighted by molar-refractivity contribution is 5.78. The number of carboxylic acid groups (broad SMARTS) is 1. The Morgan fingerprint density at radius 3 is 2.52 bits per heavy atom. The number of nitrogens with zero attached hydrogens (tertiary/aromatic N) is 2. The van der Waals surface area contributed by atoms with Crippen LogP contribution >= 0.6 is 0 Å². The molecule has 3 fully saturated rings. The molecule has 118 valence electrons. The number of aliphatic carboxylic acids is 1. The van der Waals surface area contributed by atoms with Gasteiger partial charge < -0.3 is 20.2 Å². The summed E-state index contributed by atoms with van der Waals surface area (Å²) < 4.78 is 0. The van der Waals surface area contributed by atoms with Crippen molar-refractivity contribution in [3.63, 3.8) is 0 Å². The molecule has 0 aromatic heterocycles. The van der Waals surface area contributed by atoms with Crippen LogP contribution in [0.2, 0.25) is 0 Å². The fraction of sp³-hybridized carbons (Fsp3) is 0.867. The molecule has 1 aliphatic heterocycles. The lowest BCUT2D eigenvalue weighted by atomic mass is 9.84. The molecular formula is C15H25N3O3. The van der Waals surface area contributed by atoms with Gasteiger partial charge in [-0.1, -0.05) is 0 Å². The largest absolute Gasteiger partial charge is 0.481 e. The number of nitrogens with one attached hydrogen (secondary N) is 1. The molecule has 0 radical (unpaired) electrons. The number of rotatable bonds is 3. The number of carbonyl (C=O) groups is 2. The van der Waals surface area contributed by atoms with Gasteiger partial charge in [0, 0.05) is 25.2 Å². The SMILES string of the molecule is CN(C)C1CCN(C(=O)NC2C3CCC(C3)C2C(=O)O)C1. The molecule has 2 N–H and O–H groups in total. The molecule has 1 heterocycles. The van der Waals surface area contributed by atoms with Crippen molar-refractivity contribution in [1.82, 2.24) is 15.1 Å². The minimum Gasteiger partial charge on any atom is -0.481 e. The molecule has 0 aromatic carbocycles. The third-order valence-corrected chi connectivity index (χ3v) is 5.67. The quantitative estimate of drug-likeness (QED) is 0.809. The van der Waals surface area contributed by atoms with Crippen LogP contribution in [-0.4, -0.2) is 66.2 Å². The zero-order chi connectivity index (χ0) is 15.1. The molecule has 6 heteroatoms. The van der Waals surface area contributed by atoms with Crippen LogP contribution in [0.1, 0.15) is 25.7 Å². The van der Waals surface area contributed by atoms with E-state index in [0.29, 0.717) is 12.0 Å². The Balaban J connectivity index is 1.61. The fourth-order valence-electron chi connectivity index (χ4n) is 4.44. The van der Waals surface area contributed by atoms with Crippen molar-refractivity contribution >= 4 is 12.0 Å². The third kappa shape index (κ3) is 2.61. The lowest BCUT2D eigenvalue weighted by Gasteiger charge is -2.30. The maximum atomic E-state index is 12.4. The van der Waals surface area contributed by atoms with E-state index in [9.17, 15) is 14.7 Å². The van der Waals surface area contributed by atoms with Gasteiger partial charge in [0.2, 0.25) is 0 Å². The first kappa shape index (κ1) is 14.6. The van der Waals surface area contributed by atoms with Crippen LogP contribution in [0.3, 0.4) is 0 Å². The molecule has 0 spiro atoms. The van der Waals surface area contributed by atoms with Gasteiger partial charge in [-0.3, -0.25) is 4.79 Å². The number of urea groups is 1. The van der Waals surface area contributed by atoms with Crippen molar-refractivity contribution in [2.24, 2.45) is 17.8 Å². The average molecular weight is 295 g/mol. The summed E-state index contributed by atoms with van der Waals surface area (Å²) in [5.41, 5.74) is 0. The number of carboxylic acids is 1. The van der Waals surface area contributed by atoms with E-state index in [2.05, 4.69) is 10.2 Å². The molecule has 21 heavy (non-hydrogen) atoms. The number of likely N-dealkylation sites (tertiary alicyclic amines) is 1. The predicted octanol–water partition coefficient (Wildman–Crippen LogP) is 0.831. The second-order valence-corrected chi connectivity index (χ2v) is 7.02. The zero-order valence-electron chi connectivity index (χ0n) is 12.8. The number of hydrogen-bond donors (Lipinski definition) is 2. The minimum atomic E-state index is -0.750. The Bertz CT molecular complexity index is 440. The first-order valence-corrected chi connectivity index (χ1v) is 7.92. The van der Waals surface area contributed by atoms with Gasteiger partial charge in [-0.25, -0.2) is 4.79 Å². The summed E-state index contributed by atoms with van der Waals surface area (Å²) in [7, 11) is 4.06. The highest BCUT2D eigenvalue weighted by atomic mass is 16.4. The summed E-state index contributed by atoms with van der Waals surface area (Å²) in [6, 6.07) is 0.154. The molecule has 2 aliphatic carbocycles. The van der Waals surface area contributed by atoms with Crippen LogP contribution in [0.15, 0.2) is 0 Å². The monoisotopic (exact) mass is 295 g/mol. The lowest BCUT2D eigenvalue weighted by molar-refractivity contribution is -0.144. The summed E-state index contributed by atoms with van der Waals surface area (Å²) in [6.45, 7) is 1.49. The predicted molar refractivity (Wildman–Crippen MR) is 77.9 cm³/mol. The van der Waals surface area contributed by atoms with Crippen LogP contribution in [0.4, 0.5) is 4.79 Å². The van der Waals surface area contributed by atoms with Crippen molar-refractivity contribution in [3.8, 4) is 0 Å². The maximum Gasteiger partial charge on any atom is 0.317 e. The van der Waals surface area contributed by atoms with Crippen molar-refractivity contribution in [1.29, 1.82) is 0 Å². The summed E-state index contributed by atoms with van der Waals surface area (Å²) in [5.74, 6) is -0.529. The van der Waals surface area contributed by atoms with Gasteiger partial charge in [0.05, 0.1) is 5.92 Å². The van der Waals surface area contributed by atoms with Crippen LogP contribution in [0.5, 0.6) is 0 Å². The summed E-state index contributed by atoms with van der Waals surface area (Å²) in [4.78, 5) is 27.9. The summed E-state index contributed by atoms with van der Waals surface area (Å²) in [6.07, 6.45) is 4.00. The van der Waals surface area contributed by atoms with E-state index >= 15 is 0 Å². The Morgan fingerprint density at radius 1 is 1.19 bits per heavy atom. The second-order valence-electron chi connectivity index (χ2n) is 7.02. The molecule has 3 rings (SSSR count). The van der Waals surface area contributed by atoms with Gasteiger partial charge in [-0.2, -0.15) is 0 Å². The first-order chi connectivity index (χ1) is 9.97. The highest BCUT2D eigenvalue weighted by Gasteiger charge is 2.52. The molecule has 2 amide bonds. The van der Waals surface area contributed by atoms with Crippen LogP contribution in [-0.2, 0) is 4.79 Å². The molecule has 5 unspecified atom stereocenters.